The van der Waals surface area contributed by atoms with Crippen molar-refractivity contribution >= 4 is 15.2 Å². The van der Waals surface area contributed by atoms with Crippen LogP contribution in [-0.4, -0.2) is 5.90 Å². The molecule has 0 fully saturated rings. The average molecular weight is 423 g/mol. The molecule has 0 unspecified atom stereocenters. The maximum absolute atomic E-state index is 12.6. The second-order valence-electron chi connectivity index (χ2n) is 4.88. The summed E-state index contributed by atoms with van der Waals surface area (Å²) in [6.45, 7) is -0.209. The molecule has 0 heterocycles. The van der Waals surface area contributed by atoms with Crippen molar-refractivity contribution in [3.8, 4) is 0 Å². The van der Waals surface area contributed by atoms with E-state index in [1.165, 1.54) is 0 Å². The van der Waals surface area contributed by atoms with Crippen LogP contribution in [-0.2, 0) is 31.4 Å². The molecule has 0 atom stereocenters. The van der Waals surface area contributed by atoms with E-state index in [0.717, 1.165) is 0 Å². The van der Waals surface area contributed by atoms with Gasteiger partial charge in [-0.1, -0.05) is 68.3 Å². The summed E-state index contributed by atoms with van der Waals surface area (Å²) >= 11 is 0. The second-order valence-corrected chi connectivity index (χ2v) is 8.97. The molecular formula is C15H16Na3O6P2+. The Hall–Kier alpha value is 1.74. The van der Waals surface area contributed by atoms with Gasteiger partial charge in [-0.3, -0.25) is 4.57 Å². The molecular weight excluding hydrogens is 407 g/mol. The third-order valence-corrected chi connectivity index (χ3v) is 6.70. The van der Waals surface area contributed by atoms with E-state index in [0.29, 0.717) is 11.1 Å². The van der Waals surface area contributed by atoms with E-state index in [4.69, 9.17) is 9.05 Å². The molecule has 0 bridgehead atoms. The third kappa shape index (κ3) is 12.3. The van der Waals surface area contributed by atoms with Crippen molar-refractivity contribution in [2.24, 2.45) is 0 Å². The standard InChI is InChI=1S/C15H18O6P2.3Na/c16-22(17,18)13-23(19,20-11-14-7-3-1-4-8-14)21-12-15-9-5-2-6-10-15;;;/h1-10H,11-13H2,(H2,16,17,18);;;/q;3*+1/p-2. The molecule has 26 heavy (non-hydrogen) atoms. The maximum Gasteiger partial charge on any atom is 1.00 e. The van der Waals surface area contributed by atoms with Crippen LogP contribution >= 0.6 is 15.2 Å². The van der Waals surface area contributed by atoms with Crippen LogP contribution in [0.3, 0.4) is 0 Å². The van der Waals surface area contributed by atoms with Crippen molar-refractivity contribution in [2.45, 2.75) is 13.2 Å². The van der Waals surface area contributed by atoms with Gasteiger partial charge in [0.2, 0.25) is 0 Å². The molecule has 11 heteroatoms. The monoisotopic (exact) mass is 423 g/mol. The minimum absolute atomic E-state index is 0. The van der Waals surface area contributed by atoms with Crippen LogP contribution in [0.1, 0.15) is 11.1 Å². The molecule has 0 spiro atoms. The average Bonchev–Trinajstić information content (AvgIpc) is 2.52. The molecule has 124 valence electrons. The molecule has 2 aromatic rings. The number of hydrogen-bond acceptors (Lipinski definition) is 6. The van der Waals surface area contributed by atoms with Crippen LogP contribution in [0.15, 0.2) is 60.7 Å². The van der Waals surface area contributed by atoms with Gasteiger partial charge in [-0.25, -0.2) is 0 Å². The largest absolute Gasteiger partial charge is 1.00 e. The molecule has 2 aromatic carbocycles. The fraction of sp³-hybridized carbons (Fsp3) is 0.200. The van der Waals surface area contributed by atoms with Crippen LogP contribution < -0.4 is 98.5 Å². The zero-order valence-corrected chi connectivity index (χ0v) is 23.0. The summed E-state index contributed by atoms with van der Waals surface area (Å²) in [7, 11) is -9.10. The van der Waals surface area contributed by atoms with Crippen LogP contribution in [0.5, 0.6) is 0 Å². The number of hydrogen-bond donors (Lipinski definition) is 0. The quantitative estimate of drug-likeness (QED) is 0.310. The van der Waals surface area contributed by atoms with E-state index < -0.39 is 21.1 Å². The third-order valence-electron chi connectivity index (χ3n) is 2.89. The van der Waals surface area contributed by atoms with E-state index in [-0.39, 0.29) is 102 Å². The molecule has 0 aliphatic heterocycles. The Labute approximate surface area is 220 Å². The van der Waals surface area contributed by atoms with Gasteiger partial charge in [0.15, 0.2) is 0 Å². The summed E-state index contributed by atoms with van der Waals surface area (Å²) in [5.74, 6) is -1.17. The van der Waals surface area contributed by atoms with Crippen molar-refractivity contribution in [2.75, 3.05) is 5.90 Å². The Morgan fingerprint density at radius 3 is 1.35 bits per heavy atom. The summed E-state index contributed by atoms with van der Waals surface area (Å²) in [5, 5.41) is 0. The van der Waals surface area contributed by atoms with Crippen LogP contribution in [0, 0.1) is 0 Å². The molecule has 2 rings (SSSR count). The minimum atomic E-state index is -5.04. The Bertz CT molecular complexity index is 664. The molecule has 6 nitrogen and oxygen atoms in total. The van der Waals surface area contributed by atoms with Gasteiger partial charge < -0.3 is 23.4 Å². The molecule has 0 amide bonds. The van der Waals surface area contributed by atoms with E-state index in [1.807, 2.05) is 0 Å². The molecule has 0 aliphatic carbocycles. The molecule has 0 N–H and O–H groups in total. The fourth-order valence-corrected chi connectivity index (χ4v) is 4.94. The first-order chi connectivity index (χ1) is 10.9. The van der Waals surface area contributed by atoms with Crippen LogP contribution in [0.2, 0.25) is 0 Å². The first-order valence-electron chi connectivity index (χ1n) is 6.83. The minimum Gasteiger partial charge on any atom is -0.810 e. The van der Waals surface area contributed by atoms with Gasteiger partial charge in [0.1, 0.15) is 0 Å². The van der Waals surface area contributed by atoms with Gasteiger partial charge in [0.05, 0.1) is 19.1 Å². The van der Waals surface area contributed by atoms with Crippen molar-refractivity contribution in [1.82, 2.24) is 0 Å². The van der Waals surface area contributed by atoms with Gasteiger partial charge in [-0.05, 0) is 11.1 Å². The summed E-state index contributed by atoms with van der Waals surface area (Å²) in [6.07, 6.45) is 0. The Balaban J connectivity index is 0. The van der Waals surface area contributed by atoms with Crippen molar-refractivity contribution < 1.29 is 117 Å². The summed E-state index contributed by atoms with van der Waals surface area (Å²) < 4.78 is 33.9. The van der Waals surface area contributed by atoms with Crippen molar-refractivity contribution in [1.29, 1.82) is 0 Å². The number of benzene rings is 2. The Kier molecular flexibility index (Phi) is 16.9. The molecule has 0 saturated heterocycles. The normalized spacial score (nSPS) is 10.8. The molecule has 0 aliphatic rings. The van der Waals surface area contributed by atoms with Gasteiger partial charge in [-0.15, -0.1) is 0 Å². The Morgan fingerprint density at radius 2 is 1.04 bits per heavy atom. The van der Waals surface area contributed by atoms with E-state index in [1.54, 1.807) is 60.7 Å². The van der Waals surface area contributed by atoms with Gasteiger partial charge in [0.25, 0.3) is 0 Å². The zero-order valence-electron chi connectivity index (χ0n) is 15.2. The molecule has 0 saturated carbocycles. The molecule has 0 radical (unpaired) electrons. The van der Waals surface area contributed by atoms with Crippen LogP contribution in [0.25, 0.3) is 0 Å². The zero-order chi connectivity index (χ0) is 16.8. The Morgan fingerprint density at radius 1 is 0.692 bits per heavy atom. The summed E-state index contributed by atoms with van der Waals surface area (Å²) in [5.41, 5.74) is 1.39. The topological polar surface area (TPSA) is 98.7 Å². The summed E-state index contributed by atoms with van der Waals surface area (Å²) in [6, 6.07) is 17.6. The first kappa shape index (κ1) is 29.9. The summed E-state index contributed by atoms with van der Waals surface area (Å²) in [4.78, 5) is 22.0. The van der Waals surface area contributed by atoms with Gasteiger partial charge in [-0.2, -0.15) is 0 Å². The second kappa shape index (κ2) is 14.7. The van der Waals surface area contributed by atoms with E-state index >= 15 is 0 Å². The van der Waals surface area contributed by atoms with E-state index in [2.05, 4.69) is 0 Å². The van der Waals surface area contributed by atoms with Crippen molar-refractivity contribution in [3.63, 3.8) is 0 Å². The SMILES string of the molecule is O=P([O-])([O-])CP(=O)(OCc1ccccc1)OCc1ccccc1.[Na+].[Na+].[Na+]. The van der Waals surface area contributed by atoms with Gasteiger partial charge >= 0.3 is 96.3 Å². The smallest absolute Gasteiger partial charge is 0.810 e. The van der Waals surface area contributed by atoms with Gasteiger partial charge in [0, 0.05) is 0 Å². The van der Waals surface area contributed by atoms with Crippen LogP contribution in [0.4, 0.5) is 0 Å². The predicted octanol–water partition coefficient (Wildman–Crippen LogP) is -6.50. The maximum atomic E-state index is 12.6. The molecule has 0 aromatic heterocycles. The first-order valence-corrected chi connectivity index (χ1v) is 10.3. The number of rotatable bonds is 8. The predicted molar refractivity (Wildman–Crippen MR) is 82.5 cm³/mol. The van der Waals surface area contributed by atoms with Crippen molar-refractivity contribution in [3.05, 3.63) is 71.8 Å². The van der Waals surface area contributed by atoms with E-state index in [9.17, 15) is 18.9 Å². The fourth-order valence-electron chi connectivity index (χ4n) is 1.83.